The van der Waals surface area contributed by atoms with Crippen molar-refractivity contribution in [3.63, 3.8) is 0 Å². The largest absolute Gasteiger partial charge is 0.481 e. The molecule has 2 rings (SSSR count). The third kappa shape index (κ3) is 2.76. The lowest BCUT2D eigenvalue weighted by atomic mass is 10.0. The van der Waals surface area contributed by atoms with E-state index in [2.05, 4.69) is 0 Å². The number of nitrogens with zero attached hydrogens (tertiary/aromatic N) is 1. The molecule has 0 bridgehead atoms. The second-order valence-corrected chi connectivity index (χ2v) is 6.78. The van der Waals surface area contributed by atoms with Gasteiger partial charge in [0.1, 0.15) is 0 Å². The standard InChI is InChI=1S/C12H19NO3S/c1-12(4-2-6-17-12)11(16)13-5-3-9(8-13)7-10(14)15/h9H,2-8H2,1H3,(H,14,15). The maximum Gasteiger partial charge on any atom is 0.303 e. The number of amides is 1. The summed E-state index contributed by atoms with van der Waals surface area (Å²) in [6.45, 7) is 3.38. The van der Waals surface area contributed by atoms with E-state index in [9.17, 15) is 9.59 Å². The lowest BCUT2D eigenvalue weighted by molar-refractivity contribution is -0.138. The zero-order chi connectivity index (χ0) is 12.5. The van der Waals surface area contributed by atoms with E-state index >= 15 is 0 Å². The number of aliphatic carboxylic acids is 1. The molecular weight excluding hydrogens is 238 g/mol. The van der Waals surface area contributed by atoms with Gasteiger partial charge in [0.2, 0.25) is 5.91 Å². The van der Waals surface area contributed by atoms with Crippen LogP contribution in [0.3, 0.4) is 0 Å². The molecule has 2 heterocycles. The fraction of sp³-hybridized carbons (Fsp3) is 0.833. The van der Waals surface area contributed by atoms with Crippen LogP contribution in [0, 0.1) is 5.92 Å². The van der Waals surface area contributed by atoms with Gasteiger partial charge in [-0.05, 0) is 37.9 Å². The predicted molar refractivity (Wildman–Crippen MR) is 67.0 cm³/mol. The van der Waals surface area contributed by atoms with Crippen LogP contribution in [-0.2, 0) is 9.59 Å². The first kappa shape index (κ1) is 12.7. The van der Waals surface area contributed by atoms with Crippen LogP contribution in [0.5, 0.6) is 0 Å². The van der Waals surface area contributed by atoms with E-state index in [4.69, 9.17) is 5.11 Å². The molecule has 0 radical (unpaired) electrons. The zero-order valence-corrected chi connectivity index (χ0v) is 11.0. The number of thioether (sulfide) groups is 1. The molecule has 4 nitrogen and oxygen atoms in total. The highest BCUT2D eigenvalue weighted by Gasteiger charge is 2.42. The summed E-state index contributed by atoms with van der Waals surface area (Å²) < 4.78 is -0.252. The Morgan fingerprint density at radius 2 is 2.29 bits per heavy atom. The number of carbonyl (C=O) groups is 2. The van der Waals surface area contributed by atoms with Crippen molar-refractivity contribution in [1.29, 1.82) is 0 Å². The summed E-state index contributed by atoms with van der Waals surface area (Å²) in [6, 6.07) is 0. The van der Waals surface area contributed by atoms with Crippen LogP contribution in [-0.4, -0.2) is 45.5 Å². The quantitative estimate of drug-likeness (QED) is 0.834. The molecule has 2 unspecified atom stereocenters. The molecule has 0 saturated carbocycles. The molecule has 0 spiro atoms. The van der Waals surface area contributed by atoms with Crippen LogP contribution in [0.15, 0.2) is 0 Å². The molecule has 1 N–H and O–H groups in total. The fourth-order valence-corrected chi connectivity index (χ4v) is 3.99. The summed E-state index contributed by atoms with van der Waals surface area (Å²) in [5, 5.41) is 8.75. The highest BCUT2D eigenvalue weighted by molar-refractivity contribution is 8.01. The Balaban J connectivity index is 1.91. The minimum Gasteiger partial charge on any atom is -0.481 e. The molecule has 2 atom stereocenters. The van der Waals surface area contributed by atoms with Crippen LogP contribution in [0.4, 0.5) is 0 Å². The molecule has 2 aliphatic rings. The molecule has 0 aromatic rings. The van der Waals surface area contributed by atoms with Gasteiger partial charge < -0.3 is 10.0 Å². The summed E-state index contributed by atoms with van der Waals surface area (Å²) in [4.78, 5) is 24.9. The Bertz CT molecular complexity index is 326. The molecule has 0 aliphatic carbocycles. The normalized spacial score (nSPS) is 33.0. The number of rotatable bonds is 3. The maximum atomic E-state index is 12.4. The molecule has 96 valence electrons. The Labute approximate surface area is 106 Å². The van der Waals surface area contributed by atoms with E-state index in [1.165, 1.54) is 0 Å². The van der Waals surface area contributed by atoms with Gasteiger partial charge >= 0.3 is 5.97 Å². The minimum absolute atomic E-state index is 0.145. The third-order valence-electron chi connectivity index (χ3n) is 3.71. The van der Waals surface area contributed by atoms with Gasteiger partial charge in [0, 0.05) is 19.5 Å². The first-order chi connectivity index (χ1) is 8.01. The van der Waals surface area contributed by atoms with E-state index in [1.807, 2.05) is 11.8 Å². The number of likely N-dealkylation sites (tertiary alicyclic amines) is 1. The molecule has 5 heteroatoms. The Hall–Kier alpha value is -0.710. The first-order valence-electron chi connectivity index (χ1n) is 6.16. The first-order valence-corrected chi connectivity index (χ1v) is 7.15. The van der Waals surface area contributed by atoms with Crippen molar-refractivity contribution in [2.75, 3.05) is 18.8 Å². The van der Waals surface area contributed by atoms with Crippen LogP contribution in [0.2, 0.25) is 0 Å². The van der Waals surface area contributed by atoms with Gasteiger partial charge in [0.05, 0.1) is 4.75 Å². The van der Waals surface area contributed by atoms with Crippen LogP contribution in [0.25, 0.3) is 0 Å². The van der Waals surface area contributed by atoms with Crippen molar-refractivity contribution in [2.45, 2.75) is 37.4 Å². The highest BCUT2D eigenvalue weighted by atomic mass is 32.2. The molecule has 0 aromatic heterocycles. The van der Waals surface area contributed by atoms with E-state index < -0.39 is 5.97 Å². The molecule has 2 saturated heterocycles. The number of carboxylic acids is 1. The van der Waals surface area contributed by atoms with Gasteiger partial charge in [-0.1, -0.05) is 0 Å². The van der Waals surface area contributed by atoms with Gasteiger partial charge in [0.25, 0.3) is 0 Å². The van der Waals surface area contributed by atoms with Crippen molar-refractivity contribution >= 4 is 23.6 Å². The zero-order valence-electron chi connectivity index (χ0n) is 10.1. The predicted octanol–water partition coefficient (Wildman–Crippen LogP) is 1.60. The second kappa shape index (κ2) is 4.88. The van der Waals surface area contributed by atoms with Gasteiger partial charge in [0.15, 0.2) is 0 Å². The van der Waals surface area contributed by atoms with E-state index in [-0.39, 0.29) is 23.0 Å². The average molecular weight is 257 g/mol. The summed E-state index contributed by atoms with van der Waals surface area (Å²) in [6.07, 6.45) is 3.09. The molecule has 2 aliphatic heterocycles. The Morgan fingerprint density at radius 3 is 2.88 bits per heavy atom. The maximum absolute atomic E-state index is 12.4. The van der Waals surface area contributed by atoms with Crippen molar-refractivity contribution in [1.82, 2.24) is 4.90 Å². The summed E-state index contributed by atoms with van der Waals surface area (Å²) in [7, 11) is 0. The second-order valence-electron chi connectivity index (χ2n) is 5.19. The van der Waals surface area contributed by atoms with Gasteiger partial charge in [-0.3, -0.25) is 9.59 Å². The Morgan fingerprint density at radius 1 is 1.53 bits per heavy atom. The lowest BCUT2D eigenvalue weighted by Gasteiger charge is -2.28. The van der Waals surface area contributed by atoms with Crippen molar-refractivity contribution in [3.8, 4) is 0 Å². The lowest BCUT2D eigenvalue weighted by Crippen LogP contribution is -2.42. The molecule has 2 fully saturated rings. The van der Waals surface area contributed by atoms with Gasteiger partial charge in [-0.15, -0.1) is 11.8 Å². The fourth-order valence-electron chi connectivity index (χ4n) is 2.71. The van der Waals surface area contributed by atoms with Gasteiger partial charge in [-0.2, -0.15) is 0 Å². The SMILES string of the molecule is CC1(C(=O)N2CCC(CC(=O)O)C2)CCCS1. The highest BCUT2D eigenvalue weighted by Crippen LogP contribution is 2.40. The van der Waals surface area contributed by atoms with Crippen LogP contribution < -0.4 is 0 Å². The number of hydrogen-bond donors (Lipinski definition) is 1. The van der Waals surface area contributed by atoms with E-state index in [0.29, 0.717) is 6.54 Å². The molecule has 1 amide bonds. The van der Waals surface area contributed by atoms with E-state index in [1.54, 1.807) is 11.8 Å². The third-order valence-corrected chi connectivity index (χ3v) is 5.22. The number of carboxylic acid groups (broad SMARTS) is 1. The average Bonchev–Trinajstić information content (AvgIpc) is 2.86. The van der Waals surface area contributed by atoms with Crippen LogP contribution in [0.1, 0.15) is 32.6 Å². The topological polar surface area (TPSA) is 57.6 Å². The number of hydrogen-bond acceptors (Lipinski definition) is 3. The number of carbonyl (C=O) groups excluding carboxylic acids is 1. The summed E-state index contributed by atoms with van der Waals surface area (Å²) in [5.41, 5.74) is 0. The van der Waals surface area contributed by atoms with Crippen molar-refractivity contribution in [3.05, 3.63) is 0 Å². The van der Waals surface area contributed by atoms with Crippen molar-refractivity contribution < 1.29 is 14.7 Å². The molecule has 0 aromatic carbocycles. The van der Waals surface area contributed by atoms with Crippen LogP contribution >= 0.6 is 11.8 Å². The van der Waals surface area contributed by atoms with E-state index in [0.717, 1.165) is 31.6 Å². The minimum atomic E-state index is -0.759. The molecular formula is C12H19NO3S. The van der Waals surface area contributed by atoms with Crippen molar-refractivity contribution in [2.24, 2.45) is 5.92 Å². The smallest absolute Gasteiger partial charge is 0.303 e. The Kier molecular flexibility index (Phi) is 3.66. The van der Waals surface area contributed by atoms with Gasteiger partial charge in [-0.25, -0.2) is 0 Å². The molecule has 17 heavy (non-hydrogen) atoms. The summed E-state index contributed by atoms with van der Waals surface area (Å²) in [5.74, 6) is 0.666. The summed E-state index contributed by atoms with van der Waals surface area (Å²) >= 11 is 1.75. The monoisotopic (exact) mass is 257 g/mol.